The lowest BCUT2D eigenvalue weighted by Gasteiger charge is -2.29. The SMILES string of the molecule is CC(=O)c1sc(NC(=O)c2ccc3c(c2)S(=O)(=O)N=C2CCCCCN23)nc1-c1ccccc1. The van der Waals surface area contributed by atoms with Gasteiger partial charge in [-0.2, -0.15) is 8.42 Å². The van der Waals surface area contributed by atoms with Crippen molar-refractivity contribution < 1.29 is 18.0 Å². The number of amidine groups is 1. The number of hydrogen-bond acceptors (Lipinski definition) is 7. The fraction of sp³-hybridized carbons (Fsp3) is 0.250. The minimum atomic E-state index is -3.90. The summed E-state index contributed by atoms with van der Waals surface area (Å²) in [5.74, 6) is -0.0925. The lowest BCUT2D eigenvalue weighted by atomic mass is 10.1. The van der Waals surface area contributed by atoms with Crippen molar-refractivity contribution in [1.29, 1.82) is 0 Å². The van der Waals surface area contributed by atoms with Crippen molar-refractivity contribution in [3.8, 4) is 11.3 Å². The van der Waals surface area contributed by atoms with Crippen molar-refractivity contribution >= 4 is 49.7 Å². The molecule has 8 nitrogen and oxygen atoms in total. The predicted octanol–water partition coefficient (Wildman–Crippen LogP) is 4.75. The van der Waals surface area contributed by atoms with Gasteiger partial charge in [0.15, 0.2) is 10.9 Å². The molecule has 1 N–H and O–H groups in total. The maximum absolute atomic E-state index is 13.0. The van der Waals surface area contributed by atoms with Crippen molar-refractivity contribution in [2.24, 2.45) is 4.40 Å². The predicted molar refractivity (Wildman–Crippen MR) is 132 cm³/mol. The lowest BCUT2D eigenvalue weighted by Crippen LogP contribution is -2.35. The average molecular weight is 495 g/mol. The molecule has 0 atom stereocenters. The van der Waals surface area contributed by atoms with Crippen molar-refractivity contribution in [1.82, 2.24) is 4.98 Å². The van der Waals surface area contributed by atoms with Gasteiger partial charge >= 0.3 is 0 Å². The standard InChI is InChI=1S/C24H22N4O4S2/c1-15(29)22-21(16-8-4-2-5-9-16)25-24(33-22)26-23(30)17-11-12-18-19(14-17)34(31,32)27-20-10-6-3-7-13-28(18)20/h2,4-5,8-9,11-12,14H,3,6-7,10,13H2,1H3,(H,25,26,30). The van der Waals surface area contributed by atoms with E-state index >= 15 is 0 Å². The van der Waals surface area contributed by atoms with Gasteiger partial charge in [-0.3, -0.25) is 14.9 Å². The summed E-state index contributed by atoms with van der Waals surface area (Å²) in [5.41, 5.74) is 2.01. The molecule has 174 valence electrons. The van der Waals surface area contributed by atoms with Gasteiger partial charge in [0, 0.05) is 31.0 Å². The zero-order valence-corrected chi connectivity index (χ0v) is 20.1. The first-order valence-electron chi connectivity index (χ1n) is 11.0. The van der Waals surface area contributed by atoms with Crippen LogP contribution in [0.1, 0.15) is 52.6 Å². The average Bonchev–Trinajstić information content (AvgIpc) is 3.11. The van der Waals surface area contributed by atoms with Gasteiger partial charge in [-0.25, -0.2) is 4.98 Å². The molecule has 0 spiro atoms. The van der Waals surface area contributed by atoms with Gasteiger partial charge in [0.1, 0.15) is 10.7 Å². The Bertz CT molecular complexity index is 1430. The van der Waals surface area contributed by atoms with Crippen LogP contribution in [0.4, 0.5) is 10.8 Å². The molecule has 2 aliphatic rings. The summed E-state index contributed by atoms with van der Waals surface area (Å²) in [7, 11) is -3.90. The summed E-state index contributed by atoms with van der Waals surface area (Å²) < 4.78 is 29.7. The maximum Gasteiger partial charge on any atom is 0.286 e. The van der Waals surface area contributed by atoms with E-state index in [9.17, 15) is 18.0 Å². The van der Waals surface area contributed by atoms with E-state index in [-0.39, 0.29) is 21.4 Å². The smallest absolute Gasteiger partial charge is 0.286 e. The number of aromatic nitrogens is 1. The van der Waals surface area contributed by atoms with Gasteiger partial charge in [-0.1, -0.05) is 48.1 Å². The third-order valence-electron chi connectivity index (χ3n) is 5.82. The molecule has 1 amide bonds. The molecule has 1 saturated heterocycles. The highest BCUT2D eigenvalue weighted by Crippen LogP contribution is 2.36. The summed E-state index contributed by atoms with van der Waals surface area (Å²) in [6, 6.07) is 13.9. The second-order valence-electron chi connectivity index (χ2n) is 8.20. The fourth-order valence-corrected chi connectivity index (χ4v) is 6.36. The normalized spacial score (nSPS) is 16.6. The molecule has 1 fully saturated rings. The number of ketones is 1. The van der Waals surface area contributed by atoms with Crippen LogP contribution in [-0.4, -0.2) is 37.5 Å². The number of benzene rings is 2. The van der Waals surface area contributed by atoms with Crippen LogP contribution in [0.3, 0.4) is 0 Å². The number of thiazole rings is 1. The molecule has 0 saturated carbocycles. The molecule has 0 radical (unpaired) electrons. The third-order valence-corrected chi connectivity index (χ3v) is 8.23. The summed E-state index contributed by atoms with van der Waals surface area (Å²) in [6.07, 6.45) is 3.49. The Balaban J connectivity index is 1.46. The van der Waals surface area contributed by atoms with Gasteiger partial charge in [0.25, 0.3) is 15.9 Å². The molecule has 0 unspecified atom stereocenters. The molecule has 0 aliphatic carbocycles. The Morgan fingerprint density at radius 3 is 2.62 bits per heavy atom. The van der Waals surface area contributed by atoms with Gasteiger partial charge in [0.2, 0.25) is 0 Å². The number of carbonyl (C=O) groups excluding carboxylic acids is 2. The Labute approximate surface area is 201 Å². The van der Waals surface area contributed by atoms with Gasteiger partial charge in [-0.05, 0) is 31.0 Å². The number of hydrogen-bond donors (Lipinski definition) is 1. The quantitative estimate of drug-likeness (QED) is 0.525. The first-order valence-corrected chi connectivity index (χ1v) is 13.2. The number of anilines is 2. The van der Waals surface area contributed by atoms with Crippen LogP contribution in [0.15, 0.2) is 57.8 Å². The zero-order chi connectivity index (χ0) is 23.9. The number of amides is 1. The molecule has 2 aromatic carbocycles. The molecule has 5 rings (SSSR count). The Morgan fingerprint density at radius 2 is 1.85 bits per heavy atom. The van der Waals surface area contributed by atoms with Crippen molar-refractivity contribution in [2.45, 2.75) is 37.5 Å². The van der Waals surface area contributed by atoms with E-state index in [0.717, 1.165) is 36.2 Å². The van der Waals surface area contributed by atoms with E-state index in [1.807, 2.05) is 35.2 Å². The first kappa shape index (κ1) is 22.4. The maximum atomic E-state index is 13.0. The molecule has 2 aliphatic heterocycles. The van der Waals surface area contributed by atoms with E-state index < -0.39 is 15.9 Å². The van der Waals surface area contributed by atoms with Gasteiger partial charge < -0.3 is 4.90 Å². The second kappa shape index (κ2) is 8.77. The number of Topliss-reactive ketones (excluding diaryl/α,β-unsaturated/α-hetero) is 1. The largest absolute Gasteiger partial charge is 0.328 e. The molecule has 10 heteroatoms. The van der Waals surface area contributed by atoms with Crippen LogP contribution >= 0.6 is 11.3 Å². The van der Waals surface area contributed by atoms with Crippen molar-refractivity contribution in [2.75, 3.05) is 16.8 Å². The number of fused-ring (bicyclic) bond motifs is 3. The van der Waals surface area contributed by atoms with Gasteiger partial charge in [0.05, 0.1) is 16.3 Å². The second-order valence-corrected chi connectivity index (χ2v) is 10.8. The molecular formula is C24H22N4O4S2. The third kappa shape index (κ3) is 4.14. The van der Waals surface area contributed by atoms with E-state index in [1.165, 1.54) is 13.0 Å². The number of nitrogens with one attached hydrogen (secondary N) is 1. The highest BCUT2D eigenvalue weighted by Gasteiger charge is 2.32. The lowest BCUT2D eigenvalue weighted by molar-refractivity contribution is 0.101. The van der Waals surface area contributed by atoms with Crippen LogP contribution in [0, 0.1) is 0 Å². The van der Waals surface area contributed by atoms with E-state index in [0.29, 0.717) is 35.1 Å². The van der Waals surface area contributed by atoms with E-state index in [4.69, 9.17) is 0 Å². The molecular weight excluding hydrogens is 472 g/mol. The number of carbonyl (C=O) groups is 2. The number of rotatable bonds is 4. The monoisotopic (exact) mass is 494 g/mol. The Kier molecular flexibility index (Phi) is 5.78. The highest BCUT2D eigenvalue weighted by atomic mass is 32.2. The molecule has 0 bridgehead atoms. The molecule has 3 heterocycles. The number of sulfonamides is 1. The van der Waals surface area contributed by atoms with Crippen molar-refractivity contribution in [3.63, 3.8) is 0 Å². The summed E-state index contributed by atoms with van der Waals surface area (Å²) in [6.45, 7) is 2.15. The Morgan fingerprint density at radius 1 is 1.06 bits per heavy atom. The molecule has 34 heavy (non-hydrogen) atoms. The molecule has 3 aromatic rings. The first-order chi connectivity index (χ1) is 16.3. The van der Waals surface area contributed by atoms with Crippen LogP contribution in [0.2, 0.25) is 0 Å². The highest BCUT2D eigenvalue weighted by molar-refractivity contribution is 7.90. The molecule has 1 aromatic heterocycles. The van der Waals surface area contributed by atoms with Crippen molar-refractivity contribution in [3.05, 3.63) is 59.0 Å². The van der Waals surface area contributed by atoms with E-state index in [1.54, 1.807) is 12.1 Å². The summed E-state index contributed by atoms with van der Waals surface area (Å²) >= 11 is 1.09. The fourth-order valence-electron chi connectivity index (χ4n) is 4.19. The minimum Gasteiger partial charge on any atom is -0.328 e. The van der Waals surface area contributed by atoms with Crippen LogP contribution < -0.4 is 10.2 Å². The zero-order valence-electron chi connectivity index (χ0n) is 18.4. The van der Waals surface area contributed by atoms with Crippen LogP contribution in [-0.2, 0) is 10.0 Å². The van der Waals surface area contributed by atoms with Gasteiger partial charge in [-0.15, -0.1) is 4.40 Å². The topological polar surface area (TPSA) is 109 Å². The number of nitrogens with zero attached hydrogens (tertiary/aromatic N) is 3. The minimum absolute atomic E-state index is 0.0272. The van der Waals surface area contributed by atoms with Crippen LogP contribution in [0.25, 0.3) is 11.3 Å². The van der Waals surface area contributed by atoms with Crippen LogP contribution in [0.5, 0.6) is 0 Å². The summed E-state index contributed by atoms with van der Waals surface area (Å²) in [4.78, 5) is 32.0. The van der Waals surface area contributed by atoms with E-state index in [2.05, 4.69) is 14.7 Å². The summed E-state index contributed by atoms with van der Waals surface area (Å²) in [5, 5.41) is 2.98. The Hall–Kier alpha value is -3.37.